The van der Waals surface area contributed by atoms with Gasteiger partial charge >= 0.3 is 26.2 Å². The summed E-state index contributed by atoms with van der Waals surface area (Å²) in [6, 6.07) is 0. The molecule has 0 saturated carbocycles. The molecule has 0 rings (SSSR count). The largest absolute Gasteiger partial charge is 3.00 e. The van der Waals surface area contributed by atoms with E-state index in [-0.39, 0.29) is 26.2 Å². The molecular weight excluding hydrogens is 235 g/mol. The van der Waals surface area contributed by atoms with E-state index in [1.807, 2.05) is 0 Å². The zero-order valence-corrected chi connectivity index (χ0v) is 12.8. The minimum Gasteiger partial charge on any atom is -0.341 e. The van der Waals surface area contributed by atoms with Crippen LogP contribution in [0.15, 0.2) is 0 Å². The Hall–Kier alpha value is 0.883. The molecule has 13 heavy (non-hydrogen) atoms. The van der Waals surface area contributed by atoms with E-state index in [9.17, 15) is 0 Å². The van der Waals surface area contributed by atoms with Crippen LogP contribution in [-0.2, 0) is 26.2 Å². The van der Waals surface area contributed by atoms with Gasteiger partial charge < -0.3 is 20.8 Å². The van der Waals surface area contributed by atoms with Crippen molar-refractivity contribution in [3.05, 3.63) is 20.8 Å². The zero-order chi connectivity index (χ0) is 10.7. The van der Waals surface area contributed by atoms with Gasteiger partial charge in [-0.25, -0.2) is 0 Å². The topological polar surface area (TPSA) is 0 Å². The summed E-state index contributed by atoms with van der Waals surface area (Å²) in [6.07, 6.45) is 0. The van der Waals surface area contributed by atoms with E-state index >= 15 is 0 Å². The summed E-state index contributed by atoms with van der Waals surface area (Å²) in [4.78, 5) is 0. The van der Waals surface area contributed by atoms with Crippen LogP contribution < -0.4 is 0 Å². The summed E-state index contributed by atoms with van der Waals surface area (Å²) in [5.41, 5.74) is 0. The molecule has 0 fully saturated rings. The molecular formula is C12H27Zr. The minimum atomic E-state index is 0. The van der Waals surface area contributed by atoms with Gasteiger partial charge in [-0.05, 0) is 0 Å². The van der Waals surface area contributed by atoms with E-state index in [0.29, 0.717) is 17.8 Å². The Bertz CT molecular complexity index is 33.6. The molecule has 0 bridgehead atoms. The summed E-state index contributed by atoms with van der Waals surface area (Å²) in [5.74, 6) is 1.75. The molecule has 0 aromatic carbocycles. The normalized spacial score (nSPS) is 8.31. The average Bonchev–Trinajstić information content (AvgIpc) is 1.54. The second-order valence-electron chi connectivity index (χ2n) is 4.18. The first-order valence-corrected chi connectivity index (χ1v) is 4.69. The fraction of sp³-hybridized carbons (Fsp3) is 0.750. The van der Waals surface area contributed by atoms with Gasteiger partial charge in [0.05, 0.1) is 0 Å². The third kappa shape index (κ3) is 1960. The van der Waals surface area contributed by atoms with E-state index in [1.165, 1.54) is 0 Å². The Labute approximate surface area is 106 Å². The van der Waals surface area contributed by atoms with E-state index < -0.39 is 0 Å². The van der Waals surface area contributed by atoms with Crippen LogP contribution in [0.1, 0.15) is 41.5 Å². The quantitative estimate of drug-likeness (QED) is 0.567. The van der Waals surface area contributed by atoms with Gasteiger partial charge in [0.1, 0.15) is 0 Å². The molecule has 0 spiro atoms. The van der Waals surface area contributed by atoms with Crippen LogP contribution in [0.3, 0.4) is 0 Å². The minimum absolute atomic E-state index is 0. The molecule has 0 unspecified atom stereocenters. The number of hydrogen-bond donors (Lipinski definition) is 0. The first kappa shape index (κ1) is 23.6. The van der Waals surface area contributed by atoms with Gasteiger partial charge in [0.2, 0.25) is 0 Å². The second kappa shape index (κ2) is 18.6. The predicted molar refractivity (Wildman–Crippen MR) is 60.6 cm³/mol. The molecule has 0 aliphatic carbocycles. The molecule has 0 aliphatic heterocycles. The Kier molecular flexibility index (Phi) is 33.8. The standard InChI is InChI=1S/3C4H9.Zr/c3*1-4(2)3;/h3*4H,1H2,2-3H3;/q3*-1;+3. The average molecular weight is 263 g/mol. The molecule has 1 heteroatoms. The van der Waals surface area contributed by atoms with E-state index in [4.69, 9.17) is 0 Å². The van der Waals surface area contributed by atoms with Crippen molar-refractivity contribution in [2.45, 2.75) is 41.5 Å². The maximum Gasteiger partial charge on any atom is 3.00 e. The van der Waals surface area contributed by atoms with Crippen molar-refractivity contribution in [3.63, 3.8) is 0 Å². The summed E-state index contributed by atoms with van der Waals surface area (Å²) in [5, 5.41) is 0. The maximum atomic E-state index is 3.64. The zero-order valence-electron chi connectivity index (χ0n) is 10.4. The van der Waals surface area contributed by atoms with Crippen LogP contribution >= 0.6 is 0 Å². The van der Waals surface area contributed by atoms with Crippen molar-refractivity contribution in [3.8, 4) is 0 Å². The van der Waals surface area contributed by atoms with Crippen molar-refractivity contribution in [2.75, 3.05) is 0 Å². The molecule has 79 valence electrons. The molecule has 0 aromatic rings. The van der Waals surface area contributed by atoms with Gasteiger partial charge in [0.25, 0.3) is 0 Å². The number of hydrogen-bond acceptors (Lipinski definition) is 0. The van der Waals surface area contributed by atoms with Crippen molar-refractivity contribution in [2.24, 2.45) is 17.8 Å². The van der Waals surface area contributed by atoms with Gasteiger partial charge in [-0.15, -0.1) is 0 Å². The molecule has 0 N–H and O–H groups in total. The monoisotopic (exact) mass is 261 g/mol. The van der Waals surface area contributed by atoms with E-state index in [0.717, 1.165) is 0 Å². The molecule has 0 heterocycles. The van der Waals surface area contributed by atoms with E-state index in [2.05, 4.69) is 62.3 Å². The molecule has 0 amide bonds. The van der Waals surface area contributed by atoms with Crippen LogP contribution in [0, 0.1) is 38.5 Å². The molecule has 0 nitrogen and oxygen atoms in total. The smallest absolute Gasteiger partial charge is 0.341 e. The third-order valence-corrected chi connectivity index (χ3v) is 0. The SMILES string of the molecule is [CH2-]C(C)C.[CH2-]C(C)C.[CH2-]C(C)C.[Zr+3]. The Morgan fingerprint density at radius 3 is 0.538 bits per heavy atom. The van der Waals surface area contributed by atoms with Crippen molar-refractivity contribution in [1.82, 2.24) is 0 Å². The molecule has 0 saturated heterocycles. The van der Waals surface area contributed by atoms with Crippen molar-refractivity contribution in [1.29, 1.82) is 0 Å². The second-order valence-corrected chi connectivity index (χ2v) is 4.18. The van der Waals surface area contributed by atoms with Crippen LogP contribution in [-0.4, -0.2) is 0 Å². The Balaban J connectivity index is -0.0000000450. The fourth-order valence-electron chi connectivity index (χ4n) is 0. The first-order valence-electron chi connectivity index (χ1n) is 4.69. The third-order valence-electron chi connectivity index (χ3n) is 0. The van der Waals surface area contributed by atoms with Crippen molar-refractivity contribution >= 4 is 0 Å². The summed E-state index contributed by atoms with van der Waals surface area (Å²) < 4.78 is 0. The predicted octanol–water partition coefficient (Wildman–Crippen LogP) is 4.43. The van der Waals surface area contributed by atoms with Gasteiger partial charge in [0.15, 0.2) is 0 Å². The summed E-state index contributed by atoms with van der Waals surface area (Å²) >= 11 is 0. The molecule has 0 atom stereocenters. The van der Waals surface area contributed by atoms with Crippen LogP contribution in [0.5, 0.6) is 0 Å². The number of rotatable bonds is 0. The van der Waals surface area contributed by atoms with Crippen LogP contribution in [0.2, 0.25) is 0 Å². The van der Waals surface area contributed by atoms with Crippen molar-refractivity contribution < 1.29 is 26.2 Å². The molecule has 1 radical (unpaired) electrons. The van der Waals surface area contributed by atoms with Gasteiger partial charge in [-0.3, -0.25) is 0 Å². The van der Waals surface area contributed by atoms with Crippen LogP contribution in [0.4, 0.5) is 0 Å². The molecule has 0 aliphatic rings. The Morgan fingerprint density at radius 2 is 0.538 bits per heavy atom. The summed E-state index contributed by atoms with van der Waals surface area (Å²) in [7, 11) is 0. The summed E-state index contributed by atoms with van der Waals surface area (Å²) in [6.45, 7) is 23.2. The van der Waals surface area contributed by atoms with E-state index in [1.54, 1.807) is 0 Å². The Morgan fingerprint density at radius 1 is 0.538 bits per heavy atom. The maximum absolute atomic E-state index is 3.64. The first-order chi connectivity index (χ1) is 5.20. The fourth-order valence-corrected chi connectivity index (χ4v) is 0. The van der Waals surface area contributed by atoms with Crippen LogP contribution in [0.25, 0.3) is 0 Å². The van der Waals surface area contributed by atoms with Gasteiger partial charge in [0, 0.05) is 0 Å². The van der Waals surface area contributed by atoms with Gasteiger partial charge in [-0.2, -0.15) is 17.8 Å². The van der Waals surface area contributed by atoms with Gasteiger partial charge in [-0.1, -0.05) is 41.5 Å². The molecule has 0 aromatic heterocycles.